The Balaban J connectivity index is 4.02. The van der Waals surface area contributed by atoms with Crippen LogP contribution in [0.5, 0.6) is 0 Å². The molecule has 0 heterocycles. The lowest BCUT2D eigenvalue weighted by Crippen LogP contribution is -2.07. The van der Waals surface area contributed by atoms with Crippen molar-refractivity contribution in [3.05, 3.63) is 24.3 Å². The smallest absolute Gasteiger partial charge is 0.348 e. The molecule has 0 aliphatic carbocycles. The monoisotopic (exact) mass is 179 g/mol. The highest BCUT2D eigenvalue weighted by Gasteiger charge is 2.07. The first kappa shape index (κ1) is 11.4. The molecule has 13 heavy (non-hydrogen) atoms. The molecule has 0 unspecified atom stereocenters. The van der Waals surface area contributed by atoms with Gasteiger partial charge in [0.05, 0.1) is 6.61 Å². The summed E-state index contributed by atoms with van der Waals surface area (Å²) in [5.74, 6) is -0.573. The molecule has 0 aliphatic heterocycles. The van der Waals surface area contributed by atoms with Crippen LogP contribution < -0.4 is 0 Å². The summed E-state index contributed by atoms with van der Waals surface area (Å²) in [6.07, 6.45) is 4.51. The van der Waals surface area contributed by atoms with Crippen LogP contribution in [0, 0.1) is 11.3 Å². The first-order valence-corrected chi connectivity index (χ1v) is 4.16. The van der Waals surface area contributed by atoms with Gasteiger partial charge in [-0.1, -0.05) is 26.0 Å². The zero-order valence-electron chi connectivity index (χ0n) is 7.75. The zero-order valence-corrected chi connectivity index (χ0v) is 7.75. The summed E-state index contributed by atoms with van der Waals surface area (Å²) in [4.78, 5) is 11.1. The Labute approximate surface area is 78.3 Å². The second-order valence-electron chi connectivity index (χ2n) is 2.42. The zero-order chi connectivity index (χ0) is 10.1. The van der Waals surface area contributed by atoms with Crippen LogP contribution >= 0.6 is 0 Å². The summed E-state index contributed by atoms with van der Waals surface area (Å²) in [6, 6.07) is 1.74. The van der Waals surface area contributed by atoms with Gasteiger partial charge < -0.3 is 4.74 Å². The number of allylic oxidation sites excluding steroid dienone is 2. The Hall–Kier alpha value is -1.56. The summed E-state index contributed by atoms with van der Waals surface area (Å²) in [6.45, 7) is 5.76. The number of rotatable bonds is 5. The Bertz CT molecular complexity index is 248. The van der Waals surface area contributed by atoms with Crippen LogP contribution in [0.4, 0.5) is 0 Å². The molecule has 0 amide bonds. The molecule has 0 saturated carbocycles. The molecule has 0 aromatic rings. The highest BCUT2D eigenvalue weighted by Crippen LogP contribution is 1.98. The molecule has 0 fully saturated rings. The molecule has 0 saturated heterocycles. The van der Waals surface area contributed by atoms with Crippen LogP contribution in [0.25, 0.3) is 0 Å². The van der Waals surface area contributed by atoms with Gasteiger partial charge in [0.15, 0.2) is 0 Å². The Morgan fingerprint density at radius 3 is 2.85 bits per heavy atom. The van der Waals surface area contributed by atoms with Gasteiger partial charge in [-0.3, -0.25) is 0 Å². The molecular weight excluding hydrogens is 166 g/mol. The van der Waals surface area contributed by atoms with Gasteiger partial charge in [0.25, 0.3) is 0 Å². The van der Waals surface area contributed by atoms with E-state index in [-0.39, 0.29) is 5.57 Å². The third-order valence-corrected chi connectivity index (χ3v) is 1.36. The van der Waals surface area contributed by atoms with Crippen molar-refractivity contribution in [3.63, 3.8) is 0 Å². The van der Waals surface area contributed by atoms with Crippen LogP contribution in [0.2, 0.25) is 0 Å². The molecule has 0 atom stereocenters. The SMILES string of the molecule is C=CC=C(C#N)C(=O)OCCCC. The van der Waals surface area contributed by atoms with E-state index < -0.39 is 5.97 Å². The highest BCUT2D eigenvalue weighted by molar-refractivity contribution is 5.93. The van der Waals surface area contributed by atoms with Crippen LogP contribution in [-0.4, -0.2) is 12.6 Å². The molecular formula is C10H13NO2. The van der Waals surface area contributed by atoms with E-state index in [1.165, 1.54) is 12.2 Å². The van der Waals surface area contributed by atoms with E-state index in [1.54, 1.807) is 6.07 Å². The molecule has 0 N–H and O–H groups in total. The molecule has 0 bridgehead atoms. The maximum Gasteiger partial charge on any atom is 0.348 e. The lowest BCUT2D eigenvalue weighted by atomic mass is 10.3. The van der Waals surface area contributed by atoms with E-state index in [0.29, 0.717) is 6.61 Å². The largest absolute Gasteiger partial charge is 0.462 e. The minimum Gasteiger partial charge on any atom is -0.462 e. The molecule has 0 aromatic carbocycles. The summed E-state index contributed by atoms with van der Waals surface area (Å²) < 4.78 is 4.81. The summed E-state index contributed by atoms with van der Waals surface area (Å²) in [7, 11) is 0. The molecule has 70 valence electrons. The van der Waals surface area contributed by atoms with Crippen LogP contribution in [0.1, 0.15) is 19.8 Å². The number of esters is 1. The summed E-state index contributed by atoms with van der Waals surface area (Å²) in [5, 5.41) is 8.52. The Morgan fingerprint density at radius 2 is 2.38 bits per heavy atom. The average molecular weight is 179 g/mol. The number of carbonyl (C=O) groups excluding carboxylic acids is 1. The van der Waals surface area contributed by atoms with E-state index in [0.717, 1.165) is 12.8 Å². The molecule has 3 heteroatoms. The van der Waals surface area contributed by atoms with Crippen molar-refractivity contribution in [1.29, 1.82) is 5.26 Å². The van der Waals surface area contributed by atoms with E-state index >= 15 is 0 Å². The number of nitrogens with zero attached hydrogens (tertiary/aromatic N) is 1. The number of hydrogen-bond acceptors (Lipinski definition) is 3. The van der Waals surface area contributed by atoms with Crippen molar-refractivity contribution in [2.24, 2.45) is 0 Å². The minimum atomic E-state index is -0.573. The quantitative estimate of drug-likeness (QED) is 0.213. The fourth-order valence-corrected chi connectivity index (χ4v) is 0.656. The van der Waals surface area contributed by atoms with Crippen molar-refractivity contribution >= 4 is 5.97 Å². The van der Waals surface area contributed by atoms with Gasteiger partial charge in [-0.25, -0.2) is 4.79 Å². The topological polar surface area (TPSA) is 50.1 Å². The summed E-state index contributed by atoms with van der Waals surface area (Å²) in [5.41, 5.74) is -0.00824. The maximum absolute atomic E-state index is 11.1. The van der Waals surface area contributed by atoms with Crippen LogP contribution in [0.3, 0.4) is 0 Å². The van der Waals surface area contributed by atoms with E-state index in [4.69, 9.17) is 10.00 Å². The number of nitriles is 1. The fourth-order valence-electron chi connectivity index (χ4n) is 0.656. The van der Waals surface area contributed by atoms with Crippen molar-refractivity contribution in [2.45, 2.75) is 19.8 Å². The van der Waals surface area contributed by atoms with Crippen molar-refractivity contribution < 1.29 is 9.53 Å². The number of unbranched alkanes of at least 4 members (excludes halogenated alkanes) is 1. The third-order valence-electron chi connectivity index (χ3n) is 1.36. The molecule has 0 radical (unpaired) electrons. The van der Waals surface area contributed by atoms with Gasteiger partial charge in [-0.2, -0.15) is 5.26 Å². The molecule has 0 rings (SSSR count). The van der Waals surface area contributed by atoms with E-state index in [2.05, 4.69) is 6.58 Å². The Kier molecular flexibility index (Phi) is 6.26. The third kappa shape index (κ3) is 4.81. The normalized spacial score (nSPS) is 10.3. The van der Waals surface area contributed by atoms with Crippen molar-refractivity contribution in [2.75, 3.05) is 6.61 Å². The van der Waals surface area contributed by atoms with Crippen LogP contribution in [-0.2, 0) is 9.53 Å². The average Bonchev–Trinajstić information content (AvgIpc) is 2.14. The first-order valence-electron chi connectivity index (χ1n) is 4.16. The lowest BCUT2D eigenvalue weighted by Gasteiger charge is -2.00. The van der Waals surface area contributed by atoms with Crippen molar-refractivity contribution in [1.82, 2.24) is 0 Å². The highest BCUT2D eigenvalue weighted by atomic mass is 16.5. The molecule has 0 aliphatic rings. The number of carbonyl (C=O) groups is 1. The van der Waals surface area contributed by atoms with Gasteiger partial charge in [-0.05, 0) is 12.5 Å². The standard InChI is InChI=1S/C10H13NO2/c1-3-5-7-13-10(12)9(8-11)6-4-2/h4,6H,2-3,5,7H2,1H3. The minimum absolute atomic E-state index is 0.00824. The van der Waals surface area contributed by atoms with Gasteiger partial charge in [0.2, 0.25) is 0 Å². The van der Waals surface area contributed by atoms with E-state index in [9.17, 15) is 4.79 Å². The predicted molar refractivity (Wildman–Crippen MR) is 49.8 cm³/mol. The molecule has 3 nitrogen and oxygen atoms in total. The fraction of sp³-hybridized carbons (Fsp3) is 0.400. The van der Waals surface area contributed by atoms with Gasteiger partial charge >= 0.3 is 5.97 Å². The predicted octanol–water partition coefficient (Wildman–Crippen LogP) is 1.97. The second-order valence-corrected chi connectivity index (χ2v) is 2.42. The molecule has 0 spiro atoms. The summed E-state index contributed by atoms with van der Waals surface area (Å²) >= 11 is 0. The van der Waals surface area contributed by atoms with E-state index in [1.807, 2.05) is 6.92 Å². The lowest BCUT2D eigenvalue weighted by molar-refractivity contribution is -0.138. The maximum atomic E-state index is 11.1. The van der Waals surface area contributed by atoms with Crippen LogP contribution in [0.15, 0.2) is 24.3 Å². The second kappa shape index (κ2) is 7.11. The first-order chi connectivity index (χ1) is 6.26. The molecule has 0 aromatic heterocycles. The van der Waals surface area contributed by atoms with Gasteiger partial charge in [0, 0.05) is 0 Å². The number of ether oxygens (including phenoxy) is 1. The Morgan fingerprint density at radius 1 is 1.69 bits per heavy atom. The van der Waals surface area contributed by atoms with Gasteiger partial charge in [-0.15, -0.1) is 0 Å². The number of hydrogen-bond donors (Lipinski definition) is 0. The van der Waals surface area contributed by atoms with Crippen molar-refractivity contribution in [3.8, 4) is 6.07 Å². The van der Waals surface area contributed by atoms with Gasteiger partial charge in [0.1, 0.15) is 11.6 Å².